The van der Waals surface area contributed by atoms with Gasteiger partial charge in [-0.15, -0.1) is 11.3 Å². The van der Waals surface area contributed by atoms with Gasteiger partial charge in [-0.05, 0) is 30.7 Å². The van der Waals surface area contributed by atoms with Gasteiger partial charge in [0.1, 0.15) is 17.0 Å². The zero-order chi connectivity index (χ0) is 11.7. The maximum absolute atomic E-state index is 9.46. The van der Waals surface area contributed by atoms with Crippen LogP contribution in [0.4, 0.5) is 5.82 Å². The van der Waals surface area contributed by atoms with E-state index in [1.807, 2.05) is 5.38 Å². The van der Waals surface area contributed by atoms with Gasteiger partial charge < -0.3 is 10.0 Å². The van der Waals surface area contributed by atoms with Crippen LogP contribution in [-0.2, 0) is 0 Å². The van der Waals surface area contributed by atoms with E-state index >= 15 is 0 Å². The van der Waals surface area contributed by atoms with Gasteiger partial charge in [-0.25, -0.2) is 9.97 Å². The Morgan fingerprint density at radius 3 is 3.24 bits per heavy atom. The lowest BCUT2D eigenvalue weighted by Crippen LogP contribution is -2.42. The van der Waals surface area contributed by atoms with E-state index in [0.29, 0.717) is 0 Å². The van der Waals surface area contributed by atoms with E-state index in [2.05, 4.69) is 20.9 Å². The van der Waals surface area contributed by atoms with Crippen LogP contribution in [0.25, 0.3) is 10.2 Å². The number of aromatic nitrogens is 2. The van der Waals surface area contributed by atoms with Crippen LogP contribution in [0.5, 0.6) is 0 Å². The second kappa shape index (κ2) is 4.58. The van der Waals surface area contributed by atoms with E-state index in [9.17, 15) is 5.11 Å². The molecule has 1 N–H and O–H groups in total. The predicted octanol–water partition coefficient (Wildman–Crippen LogP) is 2.04. The summed E-state index contributed by atoms with van der Waals surface area (Å²) >= 11 is 1.63. The summed E-state index contributed by atoms with van der Waals surface area (Å²) in [6.07, 6.45) is 5.04. The van der Waals surface area contributed by atoms with Crippen molar-refractivity contribution in [3.63, 3.8) is 0 Å². The van der Waals surface area contributed by atoms with Crippen LogP contribution in [0.1, 0.15) is 19.3 Å². The van der Waals surface area contributed by atoms with Crippen molar-refractivity contribution in [3.05, 3.63) is 17.8 Å². The summed E-state index contributed by atoms with van der Waals surface area (Å²) in [7, 11) is 0. The Morgan fingerprint density at radius 1 is 1.41 bits per heavy atom. The molecule has 0 aliphatic carbocycles. The Hall–Kier alpha value is -1.20. The number of anilines is 1. The molecule has 1 saturated heterocycles. The lowest BCUT2D eigenvalue weighted by Gasteiger charge is -2.35. The smallest absolute Gasteiger partial charge is 0.141 e. The number of nitrogens with zero attached hydrogens (tertiary/aromatic N) is 3. The molecule has 0 amide bonds. The Bertz CT molecular complexity index is 513. The fourth-order valence-corrected chi connectivity index (χ4v) is 3.20. The number of thiophene rings is 1. The molecule has 3 rings (SSSR count). The number of aliphatic hydroxyl groups is 1. The number of piperidine rings is 1. The molecule has 0 spiro atoms. The molecule has 0 aromatic carbocycles. The van der Waals surface area contributed by atoms with E-state index in [4.69, 9.17) is 0 Å². The molecule has 1 aliphatic heterocycles. The molecule has 2 aromatic rings. The average Bonchev–Trinajstić information content (AvgIpc) is 2.86. The quantitative estimate of drug-likeness (QED) is 0.885. The molecule has 2 aromatic heterocycles. The second-order valence-corrected chi connectivity index (χ2v) is 5.26. The first kappa shape index (κ1) is 10.9. The fourth-order valence-electron chi connectivity index (χ4n) is 2.48. The molecule has 0 saturated carbocycles. The summed E-state index contributed by atoms with van der Waals surface area (Å²) in [6.45, 7) is 1.18. The number of hydrogen-bond donors (Lipinski definition) is 1. The SMILES string of the molecule is OCC1CCCCN1c1ncnc2sccc12. The molecule has 90 valence electrons. The van der Waals surface area contributed by atoms with E-state index in [1.165, 1.54) is 12.8 Å². The molecule has 1 aliphatic rings. The third-order valence-electron chi connectivity index (χ3n) is 3.35. The normalized spacial score (nSPS) is 21.0. The molecule has 17 heavy (non-hydrogen) atoms. The van der Waals surface area contributed by atoms with Crippen molar-refractivity contribution in [2.45, 2.75) is 25.3 Å². The van der Waals surface area contributed by atoms with Gasteiger partial charge >= 0.3 is 0 Å². The summed E-state index contributed by atoms with van der Waals surface area (Å²) in [4.78, 5) is 11.9. The van der Waals surface area contributed by atoms with Crippen molar-refractivity contribution in [1.29, 1.82) is 0 Å². The minimum atomic E-state index is 0.204. The minimum Gasteiger partial charge on any atom is -0.394 e. The Balaban J connectivity index is 2.04. The van der Waals surface area contributed by atoms with E-state index in [-0.39, 0.29) is 12.6 Å². The summed E-state index contributed by atoms with van der Waals surface area (Å²) in [5.74, 6) is 0.981. The van der Waals surface area contributed by atoms with Gasteiger partial charge in [0.05, 0.1) is 18.0 Å². The zero-order valence-corrected chi connectivity index (χ0v) is 10.4. The van der Waals surface area contributed by atoms with Crippen LogP contribution in [0.15, 0.2) is 17.8 Å². The van der Waals surface area contributed by atoms with Crippen LogP contribution < -0.4 is 4.90 Å². The maximum Gasteiger partial charge on any atom is 0.141 e. The summed E-state index contributed by atoms with van der Waals surface area (Å²) in [5, 5.41) is 12.6. The molecule has 1 unspecified atom stereocenters. The van der Waals surface area contributed by atoms with Crippen molar-refractivity contribution in [1.82, 2.24) is 9.97 Å². The lowest BCUT2D eigenvalue weighted by molar-refractivity contribution is 0.239. The molecular weight excluding hydrogens is 234 g/mol. The van der Waals surface area contributed by atoms with Gasteiger partial charge in [-0.3, -0.25) is 0 Å². The van der Waals surface area contributed by atoms with Gasteiger partial charge in [-0.1, -0.05) is 0 Å². The number of fused-ring (bicyclic) bond motifs is 1. The third-order valence-corrected chi connectivity index (χ3v) is 4.17. The van der Waals surface area contributed by atoms with Gasteiger partial charge in [0.15, 0.2) is 0 Å². The van der Waals surface area contributed by atoms with Crippen LogP contribution in [0, 0.1) is 0 Å². The predicted molar refractivity (Wildman–Crippen MR) is 69.5 cm³/mol. The van der Waals surface area contributed by atoms with E-state index in [0.717, 1.165) is 29.0 Å². The van der Waals surface area contributed by atoms with Gasteiger partial charge in [0, 0.05) is 6.54 Å². The highest BCUT2D eigenvalue weighted by Gasteiger charge is 2.24. The summed E-state index contributed by atoms with van der Waals surface area (Å²) in [6, 6.07) is 2.28. The standard InChI is InChI=1S/C12H15N3OS/c16-7-9-3-1-2-5-15(9)11-10-4-6-17-12(10)14-8-13-11/h4,6,8-9,16H,1-3,5,7H2. The number of hydrogen-bond acceptors (Lipinski definition) is 5. The molecular formula is C12H15N3OS. The van der Waals surface area contributed by atoms with E-state index in [1.54, 1.807) is 17.7 Å². The highest BCUT2D eigenvalue weighted by molar-refractivity contribution is 7.16. The van der Waals surface area contributed by atoms with Crippen molar-refractivity contribution in [2.75, 3.05) is 18.1 Å². The maximum atomic E-state index is 9.46. The van der Waals surface area contributed by atoms with E-state index < -0.39 is 0 Å². The third kappa shape index (κ3) is 1.89. The van der Waals surface area contributed by atoms with Crippen molar-refractivity contribution in [3.8, 4) is 0 Å². The first-order chi connectivity index (χ1) is 8.40. The highest BCUT2D eigenvalue weighted by Crippen LogP contribution is 2.30. The van der Waals surface area contributed by atoms with Crippen LogP contribution in [-0.4, -0.2) is 34.3 Å². The molecule has 1 fully saturated rings. The number of rotatable bonds is 2. The Labute approximate surface area is 104 Å². The fraction of sp³-hybridized carbons (Fsp3) is 0.500. The minimum absolute atomic E-state index is 0.204. The molecule has 5 heteroatoms. The van der Waals surface area contributed by atoms with Crippen molar-refractivity contribution >= 4 is 27.4 Å². The lowest BCUT2D eigenvalue weighted by atomic mass is 10.0. The Kier molecular flexibility index (Phi) is 2.94. The second-order valence-electron chi connectivity index (χ2n) is 4.36. The van der Waals surface area contributed by atoms with Gasteiger partial charge in [0.2, 0.25) is 0 Å². The Morgan fingerprint density at radius 2 is 2.35 bits per heavy atom. The van der Waals surface area contributed by atoms with Crippen LogP contribution in [0.2, 0.25) is 0 Å². The molecule has 0 bridgehead atoms. The number of aliphatic hydroxyl groups excluding tert-OH is 1. The van der Waals surface area contributed by atoms with Gasteiger partial charge in [0.25, 0.3) is 0 Å². The molecule has 4 nitrogen and oxygen atoms in total. The molecule has 1 atom stereocenters. The first-order valence-electron chi connectivity index (χ1n) is 5.96. The largest absolute Gasteiger partial charge is 0.394 e. The van der Waals surface area contributed by atoms with Crippen molar-refractivity contribution < 1.29 is 5.11 Å². The molecule has 3 heterocycles. The van der Waals surface area contributed by atoms with Gasteiger partial charge in [-0.2, -0.15) is 0 Å². The van der Waals surface area contributed by atoms with Crippen LogP contribution in [0.3, 0.4) is 0 Å². The summed E-state index contributed by atoms with van der Waals surface area (Å²) < 4.78 is 0. The molecule has 0 radical (unpaired) electrons. The topological polar surface area (TPSA) is 49.2 Å². The zero-order valence-electron chi connectivity index (χ0n) is 9.54. The average molecular weight is 249 g/mol. The highest BCUT2D eigenvalue weighted by atomic mass is 32.1. The van der Waals surface area contributed by atoms with Crippen LogP contribution >= 0.6 is 11.3 Å². The van der Waals surface area contributed by atoms with Crippen molar-refractivity contribution in [2.24, 2.45) is 0 Å². The summed E-state index contributed by atoms with van der Waals surface area (Å²) in [5.41, 5.74) is 0. The monoisotopic (exact) mass is 249 g/mol. The first-order valence-corrected chi connectivity index (χ1v) is 6.84.